The molecule has 2 aliphatic heterocycles. The minimum Gasteiger partial charge on any atom is -0.465 e. The van der Waals surface area contributed by atoms with Gasteiger partial charge in [0.25, 0.3) is 0 Å². The summed E-state index contributed by atoms with van der Waals surface area (Å²) < 4.78 is 0. The summed E-state index contributed by atoms with van der Waals surface area (Å²) in [6.07, 6.45) is 0.156. The van der Waals surface area contributed by atoms with Crippen LogP contribution in [0.4, 0.5) is 10.5 Å². The molecule has 2 aliphatic rings. The number of carbonyl (C=O) groups is 2. The van der Waals surface area contributed by atoms with Gasteiger partial charge in [-0.05, 0) is 41.0 Å². The Kier molecular flexibility index (Phi) is 4.64. The number of hydrogen-bond donors (Lipinski definition) is 1. The minimum absolute atomic E-state index is 0.106. The van der Waals surface area contributed by atoms with Gasteiger partial charge in [0.1, 0.15) is 0 Å². The number of piperidine rings is 1. The van der Waals surface area contributed by atoms with Crippen LogP contribution in [0.1, 0.15) is 50.3 Å². The molecule has 2 heterocycles. The molecule has 0 atom stereocenters. The Labute approximate surface area is 171 Å². The molecule has 5 heteroatoms. The summed E-state index contributed by atoms with van der Waals surface area (Å²) >= 11 is 0. The summed E-state index contributed by atoms with van der Waals surface area (Å²) in [4.78, 5) is 28.6. The molecule has 2 amide bonds. The van der Waals surface area contributed by atoms with Crippen molar-refractivity contribution in [1.82, 2.24) is 4.90 Å². The Balaban J connectivity index is 1.82. The molecule has 1 saturated heterocycles. The van der Waals surface area contributed by atoms with Crippen LogP contribution in [0.2, 0.25) is 0 Å². The number of nitrogens with zero attached hydrogens (tertiary/aromatic N) is 2. The normalized spacial score (nSPS) is 18.2. The van der Waals surface area contributed by atoms with E-state index in [0.717, 1.165) is 16.8 Å². The first-order chi connectivity index (χ1) is 13.7. The minimum atomic E-state index is -0.907. The largest absolute Gasteiger partial charge is 0.465 e. The van der Waals surface area contributed by atoms with Crippen molar-refractivity contribution in [3.05, 3.63) is 65.2 Å². The topological polar surface area (TPSA) is 60.9 Å². The van der Waals surface area contributed by atoms with E-state index in [2.05, 4.69) is 26.8 Å². The van der Waals surface area contributed by atoms with Crippen LogP contribution in [0.25, 0.3) is 0 Å². The molecule has 5 nitrogen and oxygen atoms in total. The number of rotatable bonds is 2. The maximum Gasteiger partial charge on any atom is 0.407 e. The Morgan fingerprint density at radius 1 is 1.03 bits per heavy atom. The lowest BCUT2D eigenvalue weighted by Crippen LogP contribution is -2.50. The van der Waals surface area contributed by atoms with Gasteiger partial charge in [-0.15, -0.1) is 0 Å². The van der Waals surface area contributed by atoms with Crippen LogP contribution < -0.4 is 4.90 Å². The van der Waals surface area contributed by atoms with Crippen LogP contribution in [0.15, 0.2) is 48.5 Å². The number of likely N-dealkylation sites (tertiary alicyclic amines) is 1. The molecule has 0 aromatic heterocycles. The Bertz CT molecular complexity index is 938. The summed E-state index contributed by atoms with van der Waals surface area (Å²) in [5, 5.41) is 9.39. The molecule has 0 unspecified atom stereocenters. The molecule has 152 valence electrons. The van der Waals surface area contributed by atoms with Crippen LogP contribution in [0.5, 0.6) is 0 Å². The quantitative estimate of drug-likeness (QED) is 0.816. The van der Waals surface area contributed by atoms with E-state index in [1.54, 1.807) is 0 Å². The highest BCUT2D eigenvalue weighted by atomic mass is 16.4. The smallest absolute Gasteiger partial charge is 0.407 e. The fourth-order valence-electron chi connectivity index (χ4n) is 4.83. The SMILES string of the molecule is CC(C)(C)c1cccc2c1C1(CCN(C(=O)O)CC1)C(=O)N2Cc1ccccc1. The van der Waals surface area contributed by atoms with Crippen LogP contribution in [-0.2, 0) is 22.2 Å². The average Bonchev–Trinajstić information content (AvgIpc) is 2.91. The van der Waals surface area contributed by atoms with E-state index in [1.165, 1.54) is 10.5 Å². The Morgan fingerprint density at radius 3 is 2.28 bits per heavy atom. The summed E-state index contributed by atoms with van der Waals surface area (Å²) in [6.45, 7) is 7.83. The molecular formula is C24H28N2O3. The predicted molar refractivity (Wildman–Crippen MR) is 113 cm³/mol. The van der Waals surface area contributed by atoms with Crippen LogP contribution >= 0.6 is 0 Å². The highest BCUT2D eigenvalue weighted by Crippen LogP contribution is 2.52. The molecule has 0 bridgehead atoms. The van der Waals surface area contributed by atoms with E-state index in [1.807, 2.05) is 47.4 Å². The Morgan fingerprint density at radius 2 is 1.69 bits per heavy atom. The van der Waals surface area contributed by atoms with E-state index < -0.39 is 11.5 Å². The first-order valence-corrected chi connectivity index (χ1v) is 10.2. The highest BCUT2D eigenvalue weighted by molar-refractivity contribution is 6.08. The maximum absolute atomic E-state index is 13.9. The predicted octanol–water partition coefficient (Wildman–Crippen LogP) is 4.54. The number of carbonyl (C=O) groups excluding carboxylic acids is 1. The van der Waals surface area contributed by atoms with E-state index in [0.29, 0.717) is 32.5 Å². The Hall–Kier alpha value is -2.82. The van der Waals surface area contributed by atoms with Crippen molar-refractivity contribution < 1.29 is 14.7 Å². The highest BCUT2D eigenvalue weighted by Gasteiger charge is 2.54. The lowest BCUT2D eigenvalue weighted by atomic mass is 9.68. The summed E-state index contributed by atoms with van der Waals surface area (Å²) in [5.41, 5.74) is 3.62. The van der Waals surface area contributed by atoms with Gasteiger partial charge in [-0.25, -0.2) is 4.79 Å². The molecule has 2 aromatic rings. The zero-order valence-electron chi connectivity index (χ0n) is 17.3. The first kappa shape index (κ1) is 19.5. The third-order valence-corrected chi connectivity index (χ3v) is 6.35. The second-order valence-electron chi connectivity index (χ2n) is 9.18. The molecule has 1 spiro atoms. The summed E-state index contributed by atoms with van der Waals surface area (Å²) in [5.74, 6) is 0.109. The monoisotopic (exact) mass is 392 g/mol. The molecule has 1 N–H and O–H groups in total. The van der Waals surface area contributed by atoms with E-state index in [9.17, 15) is 14.7 Å². The zero-order valence-corrected chi connectivity index (χ0v) is 17.3. The average molecular weight is 392 g/mol. The number of hydrogen-bond acceptors (Lipinski definition) is 2. The molecule has 29 heavy (non-hydrogen) atoms. The molecule has 0 saturated carbocycles. The lowest BCUT2D eigenvalue weighted by Gasteiger charge is -2.39. The van der Waals surface area contributed by atoms with Crippen molar-refractivity contribution in [2.45, 2.75) is 51.0 Å². The number of amides is 2. The van der Waals surface area contributed by atoms with Gasteiger partial charge in [-0.3, -0.25) is 4.79 Å². The third-order valence-electron chi connectivity index (χ3n) is 6.35. The van der Waals surface area contributed by atoms with E-state index in [4.69, 9.17) is 0 Å². The van der Waals surface area contributed by atoms with Gasteiger partial charge in [-0.2, -0.15) is 0 Å². The second kappa shape index (κ2) is 6.90. The lowest BCUT2D eigenvalue weighted by molar-refractivity contribution is -0.124. The summed E-state index contributed by atoms with van der Waals surface area (Å²) in [7, 11) is 0. The summed E-state index contributed by atoms with van der Waals surface area (Å²) in [6, 6.07) is 16.2. The second-order valence-corrected chi connectivity index (χ2v) is 9.18. The number of anilines is 1. The van der Waals surface area contributed by atoms with Crippen molar-refractivity contribution in [2.24, 2.45) is 0 Å². The van der Waals surface area contributed by atoms with Gasteiger partial charge in [0, 0.05) is 18.8 Å². The van der Waals surface area contributed by atoms with Gasteiger partial charge < -0.3 is 14.9 Å². The number of carboxylic acid groups (broad SMARTS) is 1. The molecular weight excluding hydrogens is 364 g/mol. The van der Waals surface area contributed by atoms with Crippen LogP contribution in [-0.4, -0.2) is 35.1 Å². The first-order valence-electron chi connectivity index (χ1n) is 10.2. The number of fused-ring (bicyclic) bond motifs is 2. The third kappa shape index (κ3) is 3.18. The van der Waals surface area contributed by atoms with E-state index in [-0.39, 0.29) is 11.3 Å². The molecule has 4 rings (SSSR count). The van der Waals surface area contributed by atoms with Crippen molar-refractivity contribution >= 4 is 17.7 Å². The van der Waals surface area contributed by atoms with Crippen molar-refractivity contribution in [3.63, 3.8) is 0 Å². The van der Waals surface area contributed by atoms with Crippen LogP contribution in [0.3, 0.4) is 0 Å². The van der Waals surface area contributed by atoms with Crippen molar-refractivity contribution in [1.29, 1.82) is 0 Å². The fourth-order valence-corrected chi connectivity index (χ4v) is 4.83. The van der Waals surface area contributed by atoms with E-state index >= 15 is 0 Å². The molecule has 2 aromatic carbocycles. The standard InChI is InChI=1S/C24H28N2O3/c1-23(2,3)18-10-7-11-19-20(18)24(12-14-25(15-13-24)22(28)29)21(27)26(19)16-17-8-5-4-6-9-17/h4-11H,12-16H2,1-3H3,(H,28,29). The van der Waals surface area contributed by atoms with Gasteiger partial charge >= 0.3 is 6.09 Å². The molecule has 0 aliphatic carbocycles. The van der Waals surface area contributed by atoms with Gasteiger partial charge in [0.05, 0.1) is 12.0 Å². The van der Waals surface area contributed by atoms with Gasteiger partial charge in [0.2, 0.25) is 5.91 Å². The zero-order chi connectivity index (χ0) is 20.8. The van der Waals surface area contributed by atoms with Crippen molar-refractivity contribution in [3.8, 4) is 0 Å². The fraction of sp³-hybridized carbons (Fsp3) is 0.417. The number of benzene rings is 2. The maximum atomic E-state index is 13.9. The van der Waals surface area contributed by atoms with Gasteiger partial charge in [-0.1, -0.05) is 63.2 Å². The molecule has 1 fully saturated rings. The van der Waals surface area contributed by atoms with Crippen molar-refractivity contribution in [2.75, 3.05) is 18.0 Å². The van der Waals surface area contributed by atoms with Gasteiger partial charge in [0.15, 0.2) is 0 Å². The molecule has 0 radical (unpaired) electrons. The van der Waals surface area contributed by atoms with Crippen LogP contribution in [0, 0.1) is 0 Å².